The van der Waals surface area contributed by atoms with Crippen LogP contribution >= 0.6 is 0 Å². The molecule has 0 bridgehead atoms. The summed E-state index contributed by atoms with van der Waals surface area (Å²) in [5, 5.41) is 0.977. The first-order valence-electron chi connectivity index (χ1n) is 15.7. The van der Waals surface area contributed by atoms with Gasteiger partial charge in [0.05, 0.1) is 24.7 Å². The van der Waals surface area contributed by atoms with Gasteiger partial charge >= 0.3 is 5.97 Å². The largest absolute Gasteiger partial charge is 0.476 e. The third-order valence-electron chi connectivity index (χ3n) is 8.17. The van der Waals surface area contributed by atoms with Gasteiger partial charge in [0.15, 0.2) is 11.4 Å². The number of nitrogen functional groups attached to an aromatic ring is 1. The Labute approximate surface area is 264 Å². The second kappa shape index (κ2) is 14.3. The predicted octanol–water partition coefficient (Wildman–Crippen LogP) is 4.55. The number of pyridine rings is 1. The number of para-hydroxylation sites is 1. The number of methoxy groups -OCH3 is 1. The van der Waals surface area contributed by atoms with Crippen LogP contribution in [0.4, 0.5) is 5.82 Å². The molecule has 0 radical (unpaired) electrons. The van der Waals surface area contributed by atoms with Crippen molar-refractivity contribution < 1.29 is 23.8 Å². The molecular formula is C34H44N6O5. The van der Waals surface area contributed by atoms with E-state index in [4.69, 9.17) is 24.9 Å². The first-order valence-corrected chi connectivity index (χ1v) is 15.7. The van der Waals surface area contributed by atoms with E-state index in [-0.39, 0.29) is 5.91 Å². The van der Waals surface area contributed by atoms with Crippen LogP contribution in [0, 0.1) is 0 Å². The first kappa shape index (κ1) is 32.2. The highest BCUT2D eigenvalue weighted by Gasteiger charge is 2.31. The van der Waals surface area contributed by atoms with Gasteiger partial charge < -0.3 is 29.4 Å². The molecule has 5 rings (SSSR count). The molecular weight excluding hydrogens is 572 g/mol. The van der Waals surface area contributed by atoms with E-state index in [1.807, 2.05) is 54.3 Å². The number of nitrogens with zero attached hydrogens (tertiary/aromatic N) is 5. The number of anilines is 1. The van der Waals surface area contributed by atoms with Crippen molar-refractivity contribution in [3.8, 4) is 5.75 Å². The van der Waals surface area contributed by atoms with Crippen LogP contribution in [0.25, 0.3) is 21.9 Å². The number of carbonyl (C=O) groups is 2. The Bertz CT molecular complexity index is 1650. The van der Waals surface area contributed by atoms with E-state index in [0.717, 1.165) is 53.7 Å². The van der Waals surface area contributed by atoms with Gasteiger partial charge in [-0.05, 0) is 76.9 Å². The molecule has 2 aromatic heterocycles. The van der Waals surface area contributed by atoms with Crippen LogP contribution in [0.1, 0.15) is 51.4 Å². The molecule has 1 amide bonds. The van der Waals surface area contributed by atoms with E-state index in [0.29, 0.717) is 62.9 Å². The zero-order valence-corrected chi connectivity index (χ0v) is 26.8. The minimum atomic E-state index is -1.14. The third kappa shape index (κ3) is 7.54. The Morgan fingerprint density at radius 1 is 1.07 bits per heavy atom. The number of amides is 1. The van der Waals surface area contributed by atoms with Gasteiger partial charge in [-0.2, -0.15) is 0 Å². The van der Waals surface area contributed by atoms with Gasteiger partial charge in [-0.3, -0.25) is 9.69 Å². The summed E-state index contributed by atoms with van der Waals surface area (Å²) in [5.41, 5.74) is 8.54. The van der Waals surface area contributed by atoms with Crippen LogP contribution in [-0.2, 0) is 38.8 Å². The lowest BCUT2D eigenvalue weighted by molar-refractivity contribution is -0.156. The highest BCUT2D eigenvalue weighted by molar-refractivity contribution is 6.06. The van der Waals surface area contributed by atoms with Crippen molar-refractivity contribution in [1.82, 2.24) is 24.3 Å². The van der Waals surface area contributed by atoms with Gasteiger partial charge in [0.25, 0.3) is 0 Å². The number of hydrogen-bond acceptors (Lipinski definition) is 9. The Kier molecular flexibility index (Phi) is 10.2. The van der Waals surface area contributed by atoms with Crippen molar-refractivity contribution in [2.45, 2.75) is 65.3 Å². The summed E-state index contributed by atoms with van der Waals surface area (Å²) in [5.74, 6) is 1.33. The van der Waals surface area contributed by atoms with Gasteiger partial charge in [0.2, 0.25) is 5.91 Å². The highest BCUT2D eigenvalue weighted by atomic mass is 16.6. The normalized spacial score (nSPS) is 13.9. The number of aryl methyl sites for hydroxylation is 1. The van der Waals surface area contributed by atoms with Crippen LogP contribution in [0.2, 0.25) is 0 Å². The van der Waals surface area contributed by atoms with Gasteiger partial charge in [-0.25, -0.2) is 14.8 Å². The number of fused-ring (bicyclic) bond motifs is 3. The summed E-state index contributed by atoms with van der Waals surface area (Å²) < 4.78 is 18.8. The first-order chi connectivity index (χ1) is 21.7. The molecule has 0 saturated carbocycles. The molecule has 2 N–H and O–H groups in total. The van der Waals surface area contributed by atoms with Gasteiger partial charge in [0, 0.05) is 31.6 Å². The van der Waals surface area contributed by atoms with E-state index >= 15 is 0 Å². The van der Waals surface area contributed by atoms with Crippen LogP contribution in [0.5, 0.6) is 5.75 Å². The maximum Gasteiger partial charge on any atom is 0.349 e. The number of hydrogen-bond donors (Lipinski definition) is 1. The molecule has 240 valence electrons. The summed E-state index contributed by atoms with van der Waals surface area (Å²) in [6.07, 6.45) is 2.92. The Balaban J connectivity index is 1.39. The quantitative estimate of drug-likeness (QED) is 0.203. The van der Waals surface area contributed by atoms with E-state index in [1.165, 1.54) is 7.11 Å². The molecule has 11 heteroatoms. The lowest BCUT2D eigenvalue weighted by Crippen LogP contribution is -2.40. The molecule has 45 heavy (non-hydrogen) atoms. The zero-order valence-electron chi connectivity index (χ0n) is 26.8. The number of imidazole rings is 1. The molecule has 4 aromatic rings. The molecule has 1 saturated heterocycles. The molecule has 0 unspecified atom stereocenters. The van der Waals surface area contributed by atoms with E-state index < -0.39 is 11.6 Å². The topological polar surface area (TPSA) is 125 Å². The van der Waals surface area contributed by atoms with Gasteiger partial charge in [0.1, 0.15) is 23.7 Å². The van der Waals surface area contributed by atoms with Gasteiger partial charge in [-0.1, -0.05) is 30.3 Å². The molecule has 2 aromatic carbocycles. The minimum Gasteiger partial charge on any atom is -0.476 e. The highest BCUT2D eigenvalue weighted by Crippen LogP contribution is 2.29. The number of rotatable bonds is 14. The monoisotopic (exact) mass is 616 g/mol. The Morgan fingerprint density at radius 2 is 1.84 bits per heavy atom. The molecule has 3 heterocycles. The van der Waals surface area contributed by atoms with Crippen molar-refractivity contribution in [3.05, 3.63) is 59.9 Å². The van der Waals surface area contributed by atoms with Crippen LogP contribution in [-0.4, -0.2) is 81.7 Å². The molecule has 0 aliphatic carbocycles. The minimum absolute atomic E-state index is 0.0852. The summed E-state index contributed by atoms with van der Waals surface area (Å²) in [7, 11) is 1.34. The SMILES string of the molecule is CCOCc1nc2c(N)nc3ccccc3c2n1CCCN(Cc1cccc(OC(C)(C)C(=O)OC)c1)C(=O)CN1CCCC1. The maximum atomic E-state index is 13.7. The predicted molar refractivity (Wildman–Crippen MR) is 174 cm³/mol. The number of carbonyl (C=O) groups excluding carboxylic acids is 2. The second-order valence-electron chi connectivity index (χ2n) is 11.9. The van der Waals surface area contributed by atoms with Crippen molar-refractivity contribution in [1.29, 1.82) is 0 Å². The molecule has 1 aliphatic heterocycles. The summed E-state index contributed by atoms with van der Waals surface area (Å²) in [4.78, 5) is 39.5. The number of ether oxygens (including phenoxy) is 3. The fourth-order valence-electron chi connectivity index (χ4n) is 5.90. The summed E-state index contributed by atoms with van der Waals surface area (Å²) in [6.45, 7) is 10.1. The zero-order chi connectivity index (χ0) is 32.0. The van der Waals surface area contributed by atoms with E-state index in [9.17, 15) is 9.59 Å². The van der Waals surface area contributed by atoms with Crippen LogP contribution in [0.15, 0.2) is 48.5 Å². The number of likely N-dealkylation sites (tertiary alicyclic amines) is 1. The van der Waals surface area contributed by atoms with E-state index in [2.05, 4.69) is 14.5 Å². The summed E-state index contributed by atoms with van der Waals surface area (Å²) >= 11 is 0. The van der Waals surface area contributed by atoms with Crippen molar-refractivity contribution in [2.24, 2.45) is 0 Å². The number of nitrogens with two attached hydrogens (primary N) is 1. The lowest BCUT2D eigenvalue weighted by atomic mass is 10.1. The Morgan fingerprint density at radius 3 is 2.60 bits per heavy atom. The average Bonchev–Trinajstić information content (AvgIpc) is 3.67. The molecule has 0 atom stereocenters. The molecule has 1 fully saturated rings. The van der Waals surface area contributed by atoms with Crippen molar-refractivity contribution >= 4 is 39.6 Å². The fourth-order valence-corrected chi connectivity index (χ4v) is 5.90. The van der Waals surface area contributed by atoms with Crippen molar-refractivity contribution in [3.63, 3.8) is 0 Å². The second-order valence-corrected chi connectivity index (χ2v) is 11.9. The smallest absolute Gasteiger partial charge is 0.349 e. The lowest BCUT2D eigenvalue weighted by Gasteiger charge is -2.27. The molecule has 11 nitrogen and oxygen atoms in total. The summed E-state index contributed by atoms with van der Waals surface area (Å²) in [6, 6.07) is 15.5. The van der Waals surface area contributed by atoms with Crippen LogP contribution < -0.4 is 10.5 Å². The number of benzene rings is 2. The number of esters is 1. The standard InChI is InChI=1S/C34H44N6O5/c1-5-44-23-28-37-30-31(26-14-6-7-15-27(26)36-32(30)35)40(28)19-11-18-39(29(41)22-38-16-8-9-17-38)21-24-12-10-13-25(20-24)45-34(2,3)33(42)43-4/h6-7,10,12-15,20H,5,8-9,11,16-19,21-23H2,1-4H3,(H2,35,36). The fraction of sp³-hybridized carbons (Fsp3) is 0.471. The van der Waals surface area contributed by atoms with Crippen molar-refractivity contribution in [2.75, 3.05) is 45.6 Å². The van der Waals surface area contributed by atoms with Gasteiger partial charge in [-0.15, -0.1) is 0 Å². The third-order valence-corrected chi connectivity index (χ3v) is 8.17. The molecule has 1 aliphatic rings. The van der Waals surface area contributed by atoms with E-state index in [1.54, 1.807) is 19.9 Å². The average molecular weight is 617 g/mol. The number of aromatic nitrogens is 3. The van der Waals surface area contributed by atoms with Crippen LogP contribution in [0.3, 0.4) is 0 Å². The maximum absolute atomic E-state index is 13.7. The Hall–Kier alpha value is -4.22. The molecule has 0 spiro atoms.